The van der Waals surface area contributed by atoms with Crippen LogP contribution in [0.2, 0.25) is 0 Å². The zero-order valence-electron chi connectivity index (χ0n) is 12.4. The van der Waals surface area contributed by atoms with E-state index >= 15 is 0 Å². The normalized spacial score (nSPS) is 10.2. The van der Waals surface area contributed by atoms with Gasteiger partial charge < -0.3 is 14.8 Å². The summed E-state index contributed by atoms with van der Waals surface area (Å²) in [7, 11) is 0. The van der Waals surface area contributed by atoms with Crippen LogP contribution in [-0.4, -0.2) is 23.2 Å². The number of ether oxygens (including phenoxy) is 2. The number of H-pyrrole nitrogens is 1. The lowest BCUT2D eigenvalue weighted by Gasteiger charge is -2.13. The van der Waals surface area contributed by atoms with Gasteiger partial charge in [-0.15, -0.1) is 0 Å². The lowest BCUT2D eigenvalue weighted by atomic mass is 10.2. The number of nitrogens with zero attached hydrogens (tertiary/aromatic N) is 1. The molecule has 2 rings (SSSR count). The van der Waals surface area contributed by atoms with Crippen molar-refractivity contribution in [1.29, 1.82) is 0 Å². The Morgan fingerprint density at radius 2 is 1.86 bits per heavy atom. The van der Waals surface area contributed by atoms with Crippen molar-refractivity contribution >= 4 is 11.6 Å². The van der Waals surface area contributed by atoms with Crippen LogP contribution < -0.4 is 20.3 Å². The fourth-order valence-corrected chi connectivity index (χ4v) is 1.90. The molecule has 2 aromatic rings. The van der Waals surface area contributed by atoms with Crippen molar-refractivity contribution in [2.45, 2.75) is 20.8 Å². The highest BCUT2D eigenvalue weighted by Crippen LogP contribution is 2.31. The van der Waals surface area contributed by atoms with Crippen LogP contribution in [-0.2, 0) is 0 Å². The van der Waals surface area contributed by atoms with Gasteiger partial charge in [0, 0.05) is 23.5 Å². The molecule has 0 spiro atoms. The monoisotopic (exact) mass is 289 g/mol. The van der Waals surface area contributed by atoms with Crippen molar-refractivity contribution in [1.82, 2.24) is 9.97 Å². The zero-order valence-corrected chi connectivity index (χ0v) is 12.4. The van der Waals surface area contributed by atoms with Crippen molar-refractivity contribution in [2.75, 3.05) is 18.5 Å². The second-order valence-corrected chi connectivity index (χ2v) is 4.39. The summed E-state index contributed by atoms with van der Waals surface area (Å²) in [5.74, 6) is 1.74. The van der Waals surface area contributed by atoms with Crippen LogP contribution in [0.5, 0.6) is 11.5 Å². The predicted octanol–water partition coefficient (Wildman–Crippen LogP) is 2.62. The van der Waals surface area contributed by atoms with Crippen molar-refractivity contribution in [3.63, 3.8) is 0 Å². The summed E-state index contributed by atoms with van der Waals surface area (Å²) < 4.78 is 11.1. The Morgan fingerprint density at radius 3 is 2.52 bits per heavy atom. The standard InChI is InChI=1S/C15H19N3O3/c1-4-20-12-7-6-11(9-13(12)21-5-2)17-15-16-10(3)8-14(19)18-15/h6-9H,4-5H2,1-3H3,(H2,16,17,18,19). The summed E-state index contributed by atoms with van der Waals surface area (Å²) in [6, 6.07) is 6.92. The fraction of sp³-hybridized carbons (Fsp3) is 0.333. The molecule has 1 heterocycles. The predicted molar refractivity (Wildman–Crippen MR) is 81.7 cm³/mol. The summed E-state index contributed by atoms with van der Waals surface area (Å²) >= 11 is 0. The first-order valence-corrected chi connectivity index (χ1v) is 6.87. The third-order valence-corrected chi connectivity index (χ3v) is 2.68. The molecule has 0 aliphatic heterocycles. The highest BCUT2D eigenvalue weighted by atomic mass is 16.5. The van der Waals surface area contributed by atoms with Gasteiger partial charge in [-0.25, -0.2) is 4.98 Å². The minimum Gasteiger partial charge on any atom is -0.490 e. The molecule has 0 aliphatic carbocycles. The average molecular weight is 289 g/mol. The first-order chi connectivity index (χ1) is 10.1. The molecule has 6 heteroatoms. The maximum absolute atomic E-state index is 11.4. The van der Waals surface area contributed by atoms with Crippen LogP contribution in [0.3, 0.4) is 0 Å². The van der Waals surface area contributed by atoms with Gasteiger partial charge in [0.2, 0.25) is 5.95 Å². The molecular formula is C15H19N3O3. The van der Waals surface area contributed by atoms with Gasteiger partial charge in [0.05, 0.1) is 13.2 Å². The number of nitrogens with one attached hydrogen (secondary N) is 2. The maximum Gasteiger partial charge on any atom is 0.252 e. The number of hydrogen-bond donors (Lipinski definition) is 2. The third-order valence-electron chi connectivity index (χ3n) is 2.68. The van der Waals surface area contributed by atoms with E-state index < -0.39 is 0 Å². The number of benzene rings is 1. The maximum atomic E-state index is 11.4. The Morgan fingerprint density at radius 1 is 1.14 bits per heavy atom. The van der Waals surface area contributed by atoms with Crippen LogP contribution in [0.1, 0.15) is 19.5 Å². The summed E-state index contributed by atoms with van der Waals surface area (Å²) in [5.41, 5.74) is 1.22. The lowest BCUT2D eigenvalue weighted by molar-refractivity contribution is 0.288. The molecule has 112 valence electrons. The number of aryl methyl sites for hydroxylation is 1. The fourth-order valence-electron chi connectivity index (χ4n) is 1.90. The van der Waals surface area contributed by atoms with E-state index in [1.54, 1.807) is 6.92 Å². The van der Waals surface area contributed by atoms with Gasteiger partial charge in [0.1, 0.15) is 0 Å². The second-order valence-electron chi connectivity index (χ2n) is 4.39. The number of aromatic nitrogens is 2. The molecule has 1 aromatic carbocycles. The Bertz CT molecular complexity index is 667. The van der Waals surface area contributed by atoms with Crippen LogP contribution in [0.15, 0.2) is 29.1 Å². The smallest absolute Gasteiger partial charge is 0.252 e. The van der Waals surface area contributed by atoms with Crippen LogP contribution in [0.25, 0.3) is 0 Å². The van der Waals surface area contributed by atoms with Crippen LogP contribution in [0.4, 0.5) is 11.6 Å². The molecule has 0 radical (unpaired) electrons. The Labute approximate surface area is 123 Å². The van der Waals surface area contributed by atoms with E-state index in [9.17, 15) is 4.79 Å². The van der Waals surface area contributed by atoms with Gasteiger partial charge in [0.15, 0.2) is 11.5 Å². The highest BCUT2D eigenvalue weighted by Gasteiger charge is 2.07. The molecule has 0 amide bonds. The minimum atomic E-state index is -0.194. The van der Waals surface area contributed by atoms with Gasteiger partial charge >= 0.3 is 0 Å². The van der Waals surface area contributed by atoms with Crippen LogP contribution in [0, 0.1) is 6.92 Å². The number of hydrogen-bond acceptors (Lipinski definition) is 5. The van der Waals surface area contributed by atoms with Crippen molar-refractivity contribution in [3.8, 4) is 11.5 Å². The molecule has 1 aromatic heterocycles. The molecule has 0 saturated heterocycles. The van der Waals surface area contributed by atoms with Gasteiger partial charge in [-0.1, -0.05) is 0 Å². The SMILES string of the molecule is CCOc1ccc(Nc2nc(C)cc(=O)[nH]2)cc1OCC. The number of anilines is 2. The van der Waals surface area contributed by atoms with Gasteiger partial charge in [0.25, 0.3) is 5.56 Å². The van der Waals surface area contributed by atoms with E-state index in [1.807, 2.05) is 32.0 Å². The zero-order chi connectivity index (χ0) is 15.2. The molecule has 0 unspecified atom stereocenters. The molecule has 0 bridgehead atoms. The van der Waals surface area contributed by atoms with E-state index in [-0.39, 0.29) is 5.56 Å². The molecule has 6 nitrogen and oxygen atoms in total. The quantitative estimate of drug-likeness (QED) is 0.855. The summed E-state index contributed by atoms with van der Waals surface area (Å²) in [6.07, 6.45) is 0. The van der Waals surface area contributed by atoms with Gasteiger partial charge in [-0.2, -0.15) is 0 Å². The number of rotatable bonds is 6. The van der Waals surface area contributed by atoms with Crippen molar-refractivity contribution < 1.29 is 9.47 Å². The molecule has 0 saturated carbocycles. The molecule has 0 atom stereocenters. The van der Waals surface area contributed by atoms with E-state index in [4.69, 9.17) is 9.47 Å². The third kappa shape index (κ3) is 3.98. The Balaban J connectivity index is 2.27. The summed E-state index contributed by atoms with van der Waals surface area (Å²) in [6.45, 7) is 6.71. The molecule has 2 N–H and O–H groups in total. The largest absolute Gasteiger partial charge is 0.490 e. The molecule has 0 fully saturated rings. The first-order valence-electron chi connectivity index (χ1n) is 6.87. The van der Waals surface area contributed by atoms with Crippen LogP contribution >= 0.6 is 0 Å². The molecule has 21 heavy (non-hydrogen) atoms. The van der Waals surface area contributed by atoms with E-state index in [2.05, 4.69) is 15.3 Å². The summed E-state index contributed by atoms with van der Waals surface area (Å²) in [4.78, 5) is 18.3. The second kappa shape index (κ2) is 6.78. The van der Waals surface area contributed by atoms with E-state index in [0.717, 1.165) is 5.69 Å². The molecule has 0 aliphatic rings. The lowest BCUT2D eigenvalue weighted by Crippen LogP contribution is -2.10. The Kier molecular flexibility index (Phi) is 4.81. The molecular weight excluding hydrogens is 270 g/mol. The topological polar surface area (TPSA) is 76.2 Å². The van der Waals surface area contributed by atoms with E-state index in [1.165, 1.54) is 6.07 Å². The van der Waals surface area contributed by atoms with Gasteiger partial charge in [-0.3, -0.25) is 9.78 Å². The first kappa shape index (κ1) is 14.9. The average Bonchev–Trinajstić information content (AvgIpc) is 2.41. The van der Waals surface area contributed by atoms with Gasteiger partial charge in [-0.05, 0) is 32.9 Å². The highest BCUT2D eigenvalue weighted by molar-refractivity contribution is 5.59. The van der Waals surface area contributed by atoms with Crippen molar-refractivity contribution in [2.24, 2.45) is 0 Å². The number of aromatic amines is 1. The van der Waals surface area contributed by atoms with Crippen molar-refractivity contribution in [3.05, 3.63) is 40.3 Å². The Hall–Kier alpha value is -2.50. The minimum absolute atomic E-state index is 0.194. The summed E-state index contributed by atoms with van der Waals surface area (Å²) in [5, 5.41) is 3.05. The van der Waals surface area contributed by atoms with E-state index in [0.29, 0.717) is 36.4 Å².